The van der Waals surface area contributed by atoms with Crippen LogP contribution < -0.4 is 9.80 Å². The van der Waals surface area contributed by atoms with Crippen LogP contribution in [-0.4, -0.2) is 0 Å². The molecule has 0 bridgehead atoms. The fraction of sp³-hybridized carbons (Fsp3) is 0. The predicted molar refractivity (Wildman–Crippen MR) is 254 cm³/mol. The molecule has 0 saturated heterocycles. The van der Waals surface area contributed by atoms with Crippen molar-refractivity contribution in [2.75, 3.05) is 9.80 Å². The summed E-state index contributed by atoms with van der Waals surface area (Å²) in [5, 5.41) is 12.6. The first-order valence-corrected chi connectivity index (χ1v) is 21.3. The number of hydrogen-bond acceptors (Lipinski definition) is 4. The van der Waals surface area contributed by atoms with Gasteiger partial charge < -0.3 is 9.80 Å². The molecule has 10 aromatic carbocycles. The van der Waals surface area contributed by atoms with Crippen LogP contribution in [-0.2, 0) is 0 Å². The summed E-state index contributed by atoms with van der Waals surface area (Å²) in [5.41, 5.74) is 6.84. The van der Waals surface area contributed by atoms with E-state index in [1.54, 1.807) is 0 Å². The number of hydrogen-bond donors (Lipinski definition) is 0. The summed E-state index contributed by atoms with van der Waals surface area (Å²) >= 11 is 3.72. The highest BCUT2D eigenvalue weighted by atomic mass is 32.1. The summed E-state index contributed by atoms with van der Waals surface area (Å²) in [5.74, 6) is 0. The molecule has 2 heterocycles. The summed E-state index contributed by atoms with van der Waals surface area (Å²) in [6.07, 6.45) is 0. The lowest BCUT2D eigenvalue weighted by Gasteiger charge is -2.28. The molecule has 0 N–H and O–H groups in total. The topological polar surface area (TPSA) is 6.48 Å². The molecule has 0 saturated carbocycles. The predicted octanol–water partition coefficient (Wildman–Crippen LogP) is 16.8. The van der Waals surface area contributed by atoms with Gasteiger partial charge in [0.2, 0.25) is 0 Å². The van der Waals surface area contributed by atoms with Crippen molar-refractivity contribution in [3.8, 4) is 0 Å². The van der Waals surface area contributed by atoms with Crippen molar-refractivity contribution in [3.63, 3.8) is 0 Å². The average Bonchev–Trinajstić information content (AvgIpc) is 3.85. The van der Waals surface area contributed by atoms with Crippen molar-refractivity contribution >= 4 is 129 Å². The van der Waals surface area contributed by atoms with E-state index in [0.29, 0.717) is 0 Å². The minimum absolute atomic E-state index is 1.13. The van der Waals surface area contributed by atoms with E-state index in [1.807, 2.05) is 22.7 Å². The van der Waals surface area contributed by atoms with Crippen LogP contribution in [0.3, 0.4) is 0 Å². The molecule has 12 rings (SSSR count). The van der Waals surface area contributed by atoms with Crippen LogP contribution in [0.2, 0.25) is 0 Å². The number of thiophene rings is 2. The molecule has 0 atom stereocenters. The Kier molecular flexibility index (Phi) is 7.62. The van der Waals surface area contributed by atoms with E-state index in [1.165, 1.54) is 72.7 Å². The fourth-order valence-corrected chi connectivity index (χ4v) is 11.2. The Bertz CT molecular complexity index is 3530. The van der Waals surface area contributed by atoms with Gasteiger partial charge in [0, 0.05) is 74.2 Å². The van der Waals surface area contributed by atoms with E-state index in [9.17, 15) is 0 Å². The zero-order valence-electron chi connectivity index (χ0n) is 31.3. The van der Waals surface area contributed by atoms with Crippen molar-refractivity contribution in [2.45, 2.75) is 0 Å². The van der Waals surface area contributed by atoms with E-state index in [-0.39, 0.29) is 0 Å². The normalized spacial score (nSPS) is 11.8. The van der Waals surface area contributed by atoms with Gasteiger partial charge in [0.15, 0.2) is 0 Å². The van der Waals surface area contributed by atoms with Crippen molar-refractivity contribution < 1.29 is 0 Å². The Balaban J connectivity index is 1.06. The minimum atomic E-state index is 1.13. The Labute approximate surface area is 343 Å². The first-order valence-electron chi connectivity index (χ1n) is 19.7. The Hall–Kier alpha value is -6.98. The maximum absolute atomic E-state index is 2.44. The minimum Gasteiger partial charge on any atom is -0.310 e. The Morgan fingerprint density at radius 1 is 0.259 bits per heavy atom. The van der Waals surface area contributed by atoms with Crippen LogP contribution in [0.5, 0.6) is 0 Å². The van der Waals surface area contributed by atoms with Gasteiger partial charge in [-0.25, -0.2) is 0 Å². The number of anilines is 6. The van der Waals surface area contributed by atoms with E-state index in [0.717, 1.165) is 34.1 Å². The van der Waals surface area contributed by atoms with Gasteiger partial charge in [0.1, 0.15) is 0 Å². The van der Waals surface area contributed by atoms with Gasteiger partial charge in [0.05, 0.1) is 5.69 Å². The van der Waals surface area contributed by atoms with Crippen LogP contribution in [0.4, 0.5) is 34.1 Å². The molecule has 0 unspecified atom stereocenters. The van der Waals surface area contributed by atoms with Gasteiger partial charge in [0.25, 0.3) is 0 Å². The van der Waals surface area contributed by atoms with Crippen LogP contribution in [0.15, 0.2) is 206 Å². The number of fused-ring (bicyclic) bond motifs is 11. The summed E-state index contributed by atoms with van der Waals surface area (Å²) in [6, 6.07) is 75.8. The van der Waals surface area contributed by atoms with Crippen molar-refractivity contribution in [3.05, 3.63) is 206 Å². The highest BCUT2D eigenvalue weighted by molar-refractivity contribution is 7.26. The molecule has 272 valence electrons. The van der Waals surface area contributed by atoms with E-state index in [2.05, 4.69) is 216 Å². The summed E-state index contributed by atoms with van der Waals surface area (Å²) in [7, 11) is 0. The monoisotopic (exact) mass is 774 g/mol. The van der Waals surface area contributed by atoms with Gasteiger partial charge in [-0.05, 0) is 106 Å². The molecule has 4 heteroatoms. The number of rotatable bonds is 6. The molecular weight excluding hydrogens is 741 g/mol. The number of para-hydroxylation sites is 2. The highest BCUT2D eigenvalue weighted by Crippen LogP contribution is 2.46. The molecule has 0 fully saturated rings. The van der Waals surface area contributed by atoms with Crippen LogP contribution >= 0.6 is 22.7 Å². The highest BCUT2D eigenvalue weighted by Gasteiger charge is 2.20. The SMILES string of the molecule is c1ccc(N(c2ccc3c(c2)sc2ccccc23)c2ccc3ccc4c(ccc5cccc(N(c6ccccc6)c6ccc7c(c6)sc6ccccc67)c54)c3c2)cc1. The van der Waals surface area contributed by atoms with Crippen molar-refractivity contribution in [2.24, 2.45) is 0 Å². The van der Waals surface area contributed by atoms with Crippen molar-refractivity contribution in [1.82, 2.24) is 0 Å². The van der Waals surface area contributed by atoms with E-state index < -0.39 is 0 Å². The summed E-state index contributed by atoms with van der Waals surface area (Å²) in [4.78, 5) is 4.84. The average molecular weight is 775 g/mol. The molecule has 0 amide bonds. The lowest BCUT2D eigenvalue weighted by Crippen LogP contribution is -2.10. The smallest absolute Gasteiger partial charge is 0.0546 e. The van der Waals surface area contributed by atoms with E-state index >= 15 is 0 Å². The Morgan fingerprint density at radius 3 is 1.41 bits per heavy atom. The first kappa shape index (κ1) is 33.2. The van der Waals surface area contributed by atoms with E-state index in [4.69, 9.17) is 0 Å². The second-order valence-corrected chi connectivity index (χ2v) is 17.1. The molecular formula is C54H34N2S2. The molecule has 0 aliphatic rings. The first-order chi connectivity index (χ1) is 28.7. The number of benzene rings is 10. The second kappa shape index (κ2) is 13.3. The standard InChI is InChI=1S/C54H34N2S2/c1-3-13-37(14-4-1)55(40-26-30-45-43-17-7-9-20-50(43)57-52(45)33-40)39-25-22-35-23-29-47-42(48(35)32-39)28-24-36-12-11-19-49(54(36)47)56(38-15-5-2-6-16-38)41-27-31-46-44-18-8-10-21-51(44)58-53(46)34-41/h1-34H. The maximum atomic E-state index is 2.44. The summed E-state index contributed by atoms with van der Waals surface area (Å²) < 4.78 is 5.21. The lowest BCUT2D eigenvalue weighted by molar-refractivity contribution is 1.30. The zero-order chi connectivity index (χ0) is 38.2. The third kappa shape index (κ3) is 5.30. The van der Waals surface area contributed by atoms with Crippen molar-refractivity contribution in [1.29, 1.82) is 0 Å². The molecule has 0 radical (unpaired) electrons. The molecule has 0 aliphatic heterocycles. The zero-order valence-corrected chi connectivity index (χ0v) is 33.0. The molecule has 2 nitrogen and oxygen atoms in total. The molecule has 2 aromatic heterocycles. The van der Waals surface area contributed by atoms with Gasteiger partial charge in [-0.2, -0.15) is 0 Å². The fourth-order valence-electron chi connectivity index (χ4n) is 8.95. The second-order valence-electron chi connectivity index (χ2n) is 14.9. The molecule has 0 aliphatic carbocycles. The summed E-state index contributed by atoms with van der Waals surface area (Å²) in [6.45, 7) is 0. The van der Waals surface area contributed by atoms with Crippen LogP contribution in [0, 0.1) is 0 Å². The van der Waals surface area contributed by atoms with Gasteiger partial charge >= 0.3 is 0 Å². The van der Waals surface area contributed by atoms with Gasteiger partial charge in [-0.3, -0.25) is 0 Å². The molecule has 58 heavy (non-hydrogen) atoms. The van der Waals surface area contributed by atoms with Gasteiger partial charge in [-0.1, -0.05) is 127 Å². The Morgan fingerprint density at radius 2 is 0.741 bits per heavy atom. The quantitative estimate of drug-likeness (QED) is 0.155. The van der Waals surface area contributed by atoms with Crippen LogP contribution in [0.1, 0.15) is 0 Å². The number of nitrogens with zero attached hydrogens (tertiary/aromatic N) is 2. The third-order valence-electron chi connectivity index (χ3n) is 11.6. The third-order valence-corrected chi connectivity index (χ3v) is 13.9. The maximum Gasteiger partial charge on any atom is 0.0546 e. The molecule has 12 aromatic rings. The lowest BCUT2D eigenvalue weighted by atomic mass is 9.95. The largest absolute Gasteiger partial charge is 0.310 e. The molecule has 0 spiro atoms. The van der Waals surface area contributed by atoms with Crippen LogP contribution in [0.25, 0.3) is 72.7 Å². The van der Waals surface area contributed by atoms with Gasteiger partial charge in [-0.15, -0.1) is 22.7 Å².